The molecule has 0 aliphatic heterocycles. The smallest absolute Gasteiger partial charge is 0.465 e. The molecule has 80 valence electrons. The van der Waals surface area contributed by atoms with E-state index >= 15 is 0 Å². The summed E-state index contributed by atoms with van der Waals surface area (Å²) in [5.41, 5.74) is -0.539. The molecule has 4 nitrogen and oxygen atoms in total. The molecule has 0 aliphatic carbocycles. The van der Waals surface area contributed by atoms with Crippen molar-refractivity contribution in [2.75, 3.05) is 6.61 Å². The van der Waals surface area contributed by atoms with Gasteiger partial charge < -0.3 is 4.74 Å². The lowest BCUT2D eigenvalue weighted by molar-refractivity contribution is -0.152. The molecule has 0 fully saturated rings. The Bertz CT molecular complexity index is 252. The number of hydrogen-bond donors (Lipinski definition) is 1. The minimum absolute atomic E-state index is 0.108. The number of rotatable bonds is 4. The van der Waals surface area contributed by atoms with E-state index in [1.165, 1.54) is 0 Å². The Morgan fingerprint density at radius 2 is 2.00 bits per heavy atom. The average Bonchev–Trinajstić information content (AvgIpc) is 2.01. The first-order valence-corrected chi connectivity index (χ1v) is 5.47. The predicted octanol–water partition coefficient (Wildman–Crippen LogP) is 2.21. The molecule has 1 N–H and O–H groups in total. The maximum absolute atomic E-state index is 11.2. The number of esters is 1. The summed E-state index contributed by atoms with van der Waals surface area (Å²) in [6, 6.07) is 0. The van der Waals surface area contributed by atoms with Crippen molar-refractivity contribution in [3.05, 3.63) is 11.9 Å². The molecule has 1 atom stereocenters. The van der Waals surface area contributed by atoms with Crippen molar-refractivity contribution in [2.24, 2.45) is 5.41 Å². The summed E-state index contributed by atoms with van der Waals surface area (Å²) >= 11 is 0. The van der Waals surface area contributed by atoms with Crippen LogP contribution in [0.5, 0.6) is 0 Å². The van der Waals surface area contributed by atoms with E-state index in [2.05, 4.69) is 6.58 Å². The van der Waals surface area contributed by atoms with Gasteiger partial charge in [0.1, 0.15) is 0 Å². The Labute approximate surface area is 84.8 Å². The van der Waals surface area contributed by atoms with Gasteiger partial charge in [-0.2, -0.15) is 4.89 Å². The number of hydrogen-bond acceptors (Lipinski definition) is 3. The molecule has 0 aliphatic rings. The molecule has 0 heterocycles. The van der Waals surface area contributed by atoms with Gasteiger partial charge in [0.25, 0.3) is 0 Å². The third kappa shape index (κ3) is 5.10. The third-order valence-corrected chi connectivity index (χ3v) is 2.27. The second-order valence-corrected chi connectivity index (χ2v) is 5.15. The van der Waals surface area contributed by atoms with Crippen LogP contribution in [-0.2, 0) is 14.1 Å². The molecule has 0 spiro atoms. The van der Waals surface area contributed by atoms with E-state index in [1.807, 2.05) is 0 Å². The largest absolute Gasteiger partial charge is 0.541 e. The summed E-state index contributed by atoms with van der Waals surface area (Å²) in [5.74, 6) is -0.321. The van der Waals surface area contributed by atoms with Crippen molar-refractivity contribution in [3.8, 4) is 0 Å². The van der Waals surface area contributed by atoms with E-state index in [9.17, 15) is 9.36 Å². The third-order valence-electron chi connectivity index (χ3n) is 1.51. The zero-order valence-corrected chi connectivity index (χ0v) is 9.63. The number of carbonyl (C=O) groups excluding carboxylic acids is 1. The van der Waals surface area contributed by atoms with E-state index in [-0.39, 0.29) is 24.3 Å². The highest BCUT2D eigenvalue weighted by atomic mass is 31.1. The van der Waals surface area contributed by atoms with Crippen LogP contribution >= 0.6 is 8.03 Å². The van der Waals surface area contributed by atoms with E-state index in [1.54, 1.807) is 20.8 Å². The summed E-state index contributed by atoms with van der Waals surface area (Å²) < 4.78 is 15.4. The van der Waals surface area contributed by atoms with Gasteiger partial charge in [-0.25, -0.2) is 0 Å². The van der Waals surface area contributed by atoms with Crippen LogP contribution in [0.1, 0.15) is 27.2 Å². The molecule has 14 heavy (non-hydrogen) atoms. The molecular formula is C9H16O4P+. The fraction of sp³-hybridized carbons (Fsp3) is 0.667. The fourth-order valence-electron chi connectivity index (χ4n) is 0.574. The first-order valence-electron chi connectivity index (χ1n) is 4.26. The maximum atomic E-state index is 11.2. The van der Waals surface area contributed by atoms with E-state index in [0.717, 1.165) is 0 Å². The Hall–Kier alpha value is -0.730. The van der Waals surface area contributed by atoms with Crippen molar-refractivity contribution in [2.45, 2.75) is 27.2 Å². The van der Waals surface area contributed by atoms with Crippen LogP contribution in [0.15, 0.2) is 11.9 Å². The van der Waals surface area contributed by atoms with Crippen molar-refractivity contribution in [1.82, 2.24) is 0 Å². The lowest BCUT2D eigenvalue weighted by Gasteiger charge is -2.15. The molecule has 1 unspecified atom stereocenters. The minimum Gasteiger partial charge on any atom is -0.465 e. The maximum Gasteiger partial charge on any atom is 0.541 e. The first-order chi connectivity index (χ1) is 6.25. The zero-order valence-electron chi connectivity index (χ0n) is 8.74. The molecule has 0 radical (unpaired) electrons. The van der Waals surface area contributed by atoms with Crippen molar-refractivity contribution in [1.29, 1.82) is 0 Å². The van der Waals surface area contributed by atoms with Crippen molar-refractivity contribution >= 4 is 14.0 Å². The summed E-state index contributed by atoms with van der Waals surface area (Å²) in [5, 5.41) is 0.196. The SMILES string of the molecule is C=C(CCOC(=O)C(C)(C)C)[P+](=O)O. The molecule has 0 rings (SSSR count). The first kappa shape index (κ1) is 13.3. The molecule has 0 aromatic rings. The summed E-state index contributed by atoms with van der Waals surface area (Å²) in [6.45, 7) is 8.74. The molecule has 0 saturated carbocycles. The van der Waals surface area contributed by atoms with Gasteiger partial charge in [0, 0.05) is 0 Å². The molecule has 0 bridgehead atoms. The summed E-state index contributed by atoms with van der Waals surface area (Å²) in [4.78, 5) is 19.8. The Morgan fingerprint density at radius 1 is 1.50 bits per heavy atom. The molecule has 0 saturated heterocycles. The van der Waals surface area contributed by atoms with Crippen LogP contribution in [0.25, 0.3) is 0 Å². The number of ether oxygens (including phenoxy) is 1. The second-order valence-electron chi connectivity index (χ2n) is 3.98. The van der Waals surface area contributed by atoms with E-state index in [0.29, 0.717) is 0 Å². The molecule has 0 aromatic heterocycles. The van der Waals surface area contributed by atoms with E-state index < -0.39 is 13.4 Å². The Kier molecular flexibility index (Phi) is 4.95. The Balaban J connectivity index is 3.82. The van der Waals surface area contributed by atoms with Gasteiger partial charge in [-0.1, -0.05) is 0 Å². The molecule has 0 amide bonds. The molecule has 5 heteroatoms. The van der Waals surface area contributed by atoms with Gasteiger partial charge in [0.15, 0.2) is 5.31 Å². The normalized spacial score (nSPS) is 12.1. The van der Waals surface area contributed by atoms with Crippen LogP contribution < -0.4 is 0 Å². The second kappa shape index (κ2) is 5.23. The van der Waals surface area contributed by atoms with Crippen LogP contribution in [-0.4, -0.2) is 17.5 Å². The van der Waals surface area contributed by atoms with E-state index in [4.69, 9.17) is 9.63 Å². The zero-order chi connectivity index (χ0) is 11.4. The van der Waals surface area contributed by atoms with Crippen molar-refractivity contribution < 1.29 is 19.0 Å². The highest BCUT2D eigenvalue weighted by Gasteiger charge is 2.24. The monoisotopic (exact) mass is 219 g/mol. The van der Waals surface area contributed by atoms with Gasteiger partial charge in [0.2, 0.25) is 0 Å². The number of carbonyl (C=O) groups is 1. The van der Waals surface area contributed by atoms with Crippen LogP contribution in [0.4, 0.5) is 0 Å². The topological polar surface area (TPSA) is 63.6 Å². The van der Waals surface area contributed by atoms with Crippen molar-refractivity contribution in [3.63, 3.8) is 0 Å². The van der Waals surface area contributed by atoms with Gasteiger partial charge in [0.05, 0.1) is 18.4 Å². The van der Waals surface area contributed by atoms with Crippen LogP contribution in [0.3, 0.4) is 0 Å². The highest BCUT2D eigenvalue weighted by molar-refractivity contribution is 7.43. The van der Waals surface area contributed by atoms with Gasteiger partial charge in [-0.15, -0.1) is 0 Å². The lowest BCUT2D eigenvalue weighted by Crippen LogP contribution is -2.23. The van der Waals surface area contributed by atoms with Gasteiger partial charge >= 0.3 is 14.0 Å². The average molecular weight is 219 g/mol. The highest BCUT2D eigenvalue weighted by Crippen LogP contribution is 2.27. The predicted molar refractivity (Wildman–Crippen MR) is 54.0 cm³/mol. The van der Waals surface area contributed by atoms with Gasteiger partial charge in [-0.3, -0.25) is 4.79 Å². The fourth-order valence-corrected chi connectivity index (χ4v) is 0.856. The molecule has 0 aromatic carbocycles. The van der Waals surface area contributed by atoms with Crippen LogP contribution in [0.2, 0.25) is 0 Å². The van der Waals surface area contributed by atoms with Crippen LogP contribution in [0, 0.1) is 5.41 Å². The molecular weight excluding hydrogens is 203 g/mol. The minimum atomic E-state index is -2.36. The summed E-state index contributed by atoms with van der Waals surface area (Å²) in [6.07, 6.45) is 0.230. The van der Waals surface area contributed by atoms with Gasteiger partial charge in [-0.05, 0) is 31.9 Å². The standard InChI is InChI=1S/C9H15O4P/c1-7(14(11)12)5-6-13-8(10)9(2,3)4/h1,5-6H2,2-4H3/p+1. The summed E-state index contributed by atoms with van der Waals surface area (Å²) in [7, 11) is -2.36. The lowest BCUT2D eigenvalue weighted by atomic mass is 9.97. The quantitative estimate of drug-likeness (QED) is 0.581. The Morgan fingerprint density at radius 3 is 2.36 bits per heavy atom.